The predicted molar refractivity (Wildman–Crippen MR) is 105 cm³/mol. The van der Waals surface area contributed by atoms with Crippen LogP contribution < -0.4 is 5.32 Å². The van der Waals surface area contributed by atoms with Crippen LogP contribution in [0.25, 0.3) is 10.2 Å². The summed E-state index contributed by atoms with van der Waals surface area (Å²) >= 11 is 1.87. The van der Waals surface area contributed by atoms with Gasteiger partial charge in [-0.05, 0) is 30.7 Å². The third-order valence-corrected chi connectivity index (χ3v) is 6.42. The highest BCUT2D eigenvalue weighted by Gasteiger charge is 2.24. The third-order valence-electron chi connectivity index (χ3n) is 5.27. The molecule has 4 rings (SSSR count). The molecule has 2 aromatic heterocycles. The van der Waals surface area contributed by atoms with E-state index >= 15 is 0 Å². The van der Waals surface area contributed by atoms with Crippen molar-refractivity contribution in [3.63, 3.8) is 0 Å². The fourth-order valence-corrected chi connectivity index (χ4v) is 5.22. The Morgan fingerprint density at radius 2 is 2.15 bits per heavy atom. The quantitative estimate of drug-likeness (QED) is 0.783. The summed E-state index contributed by atoms with van der Waals surface area (Å²) in [5.74, 6) is 2.66. The van der Waals surface area contributed by atoms with Crippen molar-refractivity contribution >= 4 is 27.4 Å². The standard InChI is InChI=1S/C19H28N4O2S/c1-13-3-4-14-15(11-13)26-19-17(14)18(20-5-8-24-2)21-16(22-19)12-23-6-9-25-10-7-23/h13H,3-12H2,1-2H3,(H,20,21,22)/t13-/m1/s1. The number of thiophene rings is 1. The maximum absolute atomic E-state index is 5.46. The molecule has 0 saturated carbocycles. The SMILES string of the molecule is COCCNc1nc(CN2CCOCC2)nc2sc3c(c12)CC[C@@H](C)C3. The number of hydrogen-bond donors (Lipinski definition) is 1. The van der Waals surface area contributed by atoms with E-state index in [4.69, 9.17) is 19.4 Å². The van der Waals surface area contributed by atoms with Gasteiger partial charge in [0.25, 0.3) is 0 Å². The highest BCUT2D eigenvalue weighted by molar-refractivity contribution is 7.19. The minimum Gasteiger partial charge on any atom is -0.383 e. The van der Waals surface area contributed by atoms with Gasteiger partial charge in [-0.15, -0.1) is 11.3 Å². The molecule has 0 radical (unpaired) electrons. The molecule has 0 spiro atoms. The van der Waals surface area contributed by atoms with Gasteiger partial charge in [-0.2, -0.15) is 0 Å². The van der Waals surface area contributed by atoms with Gasteiger partial charge in [0.15, 0.2) is 0 Å². The van der Waals surface area contributed by atoms with Crippen molar-refractivity contribution in [1.82, 2.24) is 14.9 Å². The monoisotopic (exact) mass is 376 g/mol. The van der Waals surface area contributed by atoms with Crippen LogP contribution in [0.1, 0.15) is 29.6 Å². The maximum Gasteiger partial charge on any atom is 0.146 e. The van der Waals surface area contributed by atoms with Crippen LogP contribution in [0, 0.1) is 5.92 Å². The Morgan fingerprint density at radius 1 is 1.31 bits per heavy atom. The zero-order valence-electron chi connectivity index (χ0n) is 15.7. The van der Waals surface area contributed by atoms with E-state index in [9.17, 15) is 0 Å². The van der Waals surface area contributed by atoms with Gasteiger partial charge in [-0.25, -0.2) is 9.97 Å². The summed E-state index contributed by atoms with van der Waals surface area (Å²) in [6.07, 6.45) is 3.57. The van der Waals surface area contributed by atoms with E-state index in [2.05, 4.69) is 17.1 Å². The summed E-state index contributed by atoms with van der Waals surface area (Å²) in [5.41, 5.74) is 1.47. The number of methoxy groups -OCH3 is 1. The summed E-state index contributed by atoms with van der Waals surface area (Å²) in [6.45, 7) is 8.07. The van der Waals surface area contributed by atoms with Crippen LogP contribution in [-0.2, 0) is 28.9 Å². The van der Waals surface area contributed by atoms with E-state index in [1.807, 2.05) is 11.3 Å². The molecular weight excluding hydrogens is 348 g/mol. The van der Waals surface area contributed by atoms with E-state index < -0.39 is 0 Å². The van der Waals surface area contributed by atoms with Crippen LogP contribution >= 0.6 is 11.3 Å². The molecule has 7 heteroatoms. The lowest BCUT2D eigenvalue weighted by atomic mass is 9.89. The van der Waals surface area contributed by atoms with Gasteiger partial charge in [0.2, 0.25) is 0 Å². The molecule has 1 aliphatic carbocycles. The lowest BCUT2D eigenvalue weighted by Crippen LogP contribution is -2.36. The van der Waals surface area contributed by atoms with E-state index in [1.54, 1.807) is 7.11 Å². The Morgan fingerprint density at radius 3 is 2.96 bits per heavy atom. The molecule has 142 valence electrons. The largest absolute Gasteiger partial charge is 0.383 e. The zero-order valence-corrected chi connectivity index (χ0v) is 16.5. The molecular formula is C19H28N4O2S. The number of nitrogens with one attached hydrogen (secondary N) is 1. The first-order chi connectivity index (χ1) is 12.7. The number of aryl methyl sites for hydroxylation is 1. The molecule has 6 nitrogen and oxygen atoms in total. The number of anilines is 1. The molecule has 3 heterocycles. The lowest BCUT2D eigenvalue weighted by Gasteiger charge is -2.26. The van der Waals surface area contributed by atoms with Crippen molar-refractivity contribution in [3.8, 4) is 0 Å². The van der Waals surface area contributed by atoms with E-state index in [1.165, 1.54) is 28.7 Å². The first-order valence-electron chi connectivity index (χ1n) is 9.58. The summed E-state index contributed by atoms with van der Waals surface area (Å²) in [6, 6.07) is 0. The van der Waals surface area contributed by atoms with Crippen LogP contribution in [0.4, 0.5) is 5.82 Å². The number of morpholine rings is 1. The molecule has 26 heavy (non-hydrogen) atoms. The van der Waals surface area contributed by atoms with Crippen molar-refractivity contribution in [3.05, 3.63) is 16.3 Å². The summed E-state index contributed by atoms with van der Waals surface area (Å²) < 4.78 is 10.7. The predicted octanol–water partition coefficient (Wildman–Crippen LogP) is 2.71. The van der Waals surface area contributed by atoms with Crippen LogP contribution in [0.3, 0.4) is 0 Å². The molecule has 0 amide bonds. The zero-order chi connectivity index (χ0) is 17.9. The molecule has 2 aliphatic rings. The Kier molecular flexibility index (Phi) is 5.69. The summed E-state index contributed by atoms with van der Waals surface area (Å²) in [4.78, 5) is 14.9. The Hall–Kier alpha value is -1.28. The first-order valence-corrected chi connectivity index (χ1v) is 10.4. The van der Waals surface area contributed by atoms with Crippen LogP contribution in [0.5, 0.6) is 0 Å². The lowest BCUT2D eigenvalue weighted by molar-refractivity contribution is 0.0331. The average molecular weight is 377 g/mol. The fourth-order valence-electron chi connectivity index (χ4n) is 3.82. The van der Waals surface area contributed by atoms with Gasteiger partial charge in [0.1, 0.15) is 16.5 Å². The van der Waals surface area contributed by atoms with E-state index in [-0.39, 0.29) is 0 Å². The van der Waals surface area contributed by atoms with E-state index in [0.717, 1.165) is 68.2 Å². The van der Waals surface area contributed by atoms with E-state index in [0.29, 0.717) is 6.61 Å². The number of ether oxygens (including phenoxy) is 2. The number of fused-ring (bicyclic) bond motifs is 3. The van der Waals surface area contributed by atoms with Crippen molar-refractivity contribution in [2.45, 2.75) is 32.7 Å². The third kappa shape index (κ3) is 3.86. The second-order valence-corrected chi connectivity index (χ2v) is 8.41. The van der Waals surface area contributed by atoms with Crippen molar-refractivity contribution in [2.75, 3.05) is 51.9 Å². The highest BCUT2D eigenvalue weighted by Crippen LogP contribution is 2.40. The van der Waals surface area contributed by atoms with Gasteiger partial charge in [-0.3, -0.25) is 4.90 Å². The van der Waals surface area contributed by atoms with Gasteiger partial charge in [-0.1, -0.05) is 6.92 Å². The molecule has 0 bridgehead atoms. The Labute approximate surface area is 158 Å². The topological polar surface area (TPSA) is 59.5 Å². The van der Waals surface area contributed by atoms with Crippen LogP contribution in [0.2, 0.25) is 0 Å². The molecule has 1 saturated heterocycles. The average Bonchev–Trinajstić information content (AvgIpc) is 3.00. The van der Waals surface area contributed by atoms with Crippen molar-refractivity contribution < 1.29 is 9.47 Å². The smallest absolute Gasteiger partial charge is 0.146 e. The second kappa shape index (κ2) is 8.17. The van der Waals surface area contributed by atoms with Crippen LogP contribution in [-0.4, -0.2) is 61.4 Å². The van der Waals surface area contributed by atoms with Crippen molar-refractivity contribution in [2.24, 2.45) is 5.92 Å². The van der Waals surface area contributed by atoms with Crippen LogP contribution in [0.15, 0.2) is 0 Å². The molecule has 0 unspecified atom stereocenters. The van der Waals surface area contributed by atoms with Crippen molar-refractivity contribution in [1.29, 1.82) is 0 Å². The minimum atomic E-state index is 0.674. The van der Waals surface area contributed by atoms with Gasteiger partial charge < -0.3 is 14.8 Å². The molecule has 2 aromatic rings. The minimum absolute atomic E-state index is 0.674. The number of rotatable bonds is 6. The maximum atomic E-state index is 5.46. The summed E-state index contributed by atoms with van der Waals surface area (Å²) in [7, 11) is 1.73. The summed E-state index contributed by atoms with van der Waals surface area (Å²) in [5, 5.41) is 4.75. The molecule has 1 aliphatic heterocycles. The first kappa shape index (κ1) is 18.1. The molecule has 1 atom stereocenters. The second-order valence-electron chi connectivity index (χ2n) is 7.33. The molecule has 1 N–H and O–H groups in total. The van der Waals surface area contributed by atoms with Gasteiger partial charge >= 0.3 is 0 Å². The number of nitrogens with zero attached hydrogens (tertiary/aromatic N) is 3. The Balaban J connectivity index is 1.67. The molecule has 1 fully saturated rings. The Bertz CT molecular complexity index is 758. The van der Waals surface area contributed by atoms with Gasteiger partial charge in [0.05, 0.1) is 31.8 Å². The number of hydrogen-bond acceptors (Lipinski definition) is 7. The number of aromatic nitrogens is 2. The molecule has 0 aromatic carbocycles. The van der Waals surface area contributed by atoms with Gasteiger partial charge in [0, 0.05) is 31.6 Å². The highest BCUT2D eigenvalue weighted by atomic mass is 32.1. The fraction of sp³-hybridized carbons (Fsp3) is 0.684. The normalized spacial score (nSPS) is 21.1.